The molecule has 0 bridgehead atoms. The highest BCUT2D eigenvalue weighted by Gasteiger charge is 2.38. The van der Waals surface area contributed by atoms with Crippen molar-refractivity contribution in [2.45, 2.75) is 63.3 Å². The van der Waals surface area contributed by atoms with Gasteiger partial charge in [-0.1, -0.05) is 42.5 Å². The number of nitrogens with one attached hydrogen (secondary N) is 1. The summed E-state index contributed by atoms with van der Waals surface area (Å²) in [7, 11) is 0. The summed E-state index contributed by atoms with van der Waals surface area (Å²) in [4.78, 5) is 0. The molecule has 0 aliphatic heterocycles. The summed E-state index contributed by atoms with van der Waals surface area (Å²) in [5.74, 6) is 1.74. The molecule has 0 aromatic heterocycles. The van der Waals surface area contributed by atoms with Crippen molar-refractivity contribution in [2.24, 2.45) is 11.7 Å². The van der Waals surface area contributed by atoms with Gasteiger partial charge in [-0.25, -0.2) is 0 Å². The van der Waals surface area contributed by atoms with Gasteiger partial charge in [-0.2, -0.15) is 0 Å². The van der Waals surface area contributed by atoms with E-state index in [9.17, 15) is 0 Å². The SMILES string of the molecule is NC1CCC(N[C@H]2C[C@H]2Cc2ccc(OCc3ccccc3)cc2)CC1. The lowest BCUT2D eigenvalue weighted by Crippen LogP contribution is -2.38. The molecule has 2 aromatic rings. The van der Waals surface area contributed by atoms with E-state index in [0.717, 1.165) is 11.7 Å². The quantitative estimate of drug-likeness (QED) is 0.792. The van der Waals surface area contributed by atoms with Crippen LogP contribution >= 0.6 is 0 Å². The van der Waals surface area contributed by atoms with Gasteiger partial charge in [0.25, 0.3) is 0 Å². The van der Waals surface area contributed by atoms with Crippen LogP contribution in [0.25, 0.3) is 0 Å². The van der Waals surface area contributed by atoms with Gasteiger partial charge in [0, 0.05) is 18.1 Å². The van der Waals surface area contributed by atoms with Gasteiger partial charge in [0.15, 0.2) is 0 Å². The normalized spacial score (nSPS) is 27.9. The molecule has 2 fully saturated rings. The molecule has 0 saturated heterocycles. The van der Waals surface area contributed by atoms with Crippen LogP contribution in [-0.4, -0.2) is 18.1 Å². The first kappa shape index (κ1) is 17.6. The van der Waals surface area contributed by atoms with Gasteiger partial charge in [0.2, 0.25) is 0 Å². The van der Waals surface area contributed by atoms with Crippen molar-refractivity contribution in [3.63, 3.8) is 0 Å². The molecule has 0 unspecified atom stereocenters. The molecule has 3 nitrogen and oxygen atoms in total. The maximum absolute atomic E-state index is 6.00. The summed E-state index contributed by atoms with van der Waals surface area (Å²) in [5.41, 5.74) is 8.62. The zero-order chi connectivity index (χ0) is 17.8. The van der Waals surface area contributed by atoms with E-state index in [1.165, 1.54) is 49.7 Å². The third-order valence-electron chi connectivity index (χ3n) is 5.81. The maximum atomic E-state index is 6.00. The van der Waals surface area contributed by atoms with Gasteiger partial charge < -0.3 is 15.8 Å². The zero-order valence-electron chi connectivity index (χ0n) is 15.4. The molecule has 2 aliphatic rings. The minimum Gasteiger partial charge on any atom is -0.489 e. The minimum absolute atomic E-state index is 0.436. The van der Waals surface area contributed by atoms with Crippen LogP contribution in [0.3, 0.4) is 0 Å². The van der Waals surface area contributed by atoms with Crippen LogP contribution in [0.2, 0.25) is 0 Å². The Bertz CT molecular complexity index is 677. The van der Waals surface area contributed by atoms with Crippen LogP contribution in [0.15, 0.2) is 54.6 Å². The predicted octanol–water partition coefficient (Wildman–Crippen LogP) is 4.06. The van der Waals surface area contributed by atoms with Gasteiger partial charge in [-0.15, -0.1) is 0 Å². The average molecular weight is 351 g/mol. The van der Waals surface area contributed by atoms with E-state index >= 15 is 0 Å². The molecule has 3 heteroatoms. The first-order valence-electron chi connectivity index (χ1n) is 10.0. The van der Waals surface area contributed by atoms with E-state index in [1.54, 1.807) is 0 Å². The molecule has 3 N–H and O–H groups in total. The lowest BCUT2D eigenvalue weighted by molar-refractivity contribution is 0.306. The third-order valence-corrected chi connectivity index (χ3v) is 5.81. The summed E-state index contributed by atoms with van der Waals surface area (Å²) in [5, 5.41) is 3.85. The Hall–Kier alpha value is -1.84. The molecule has 26 heavy (non-hydrogen) atoms. The molecule has 2 aliphatic carbocycles. The summed E-state index contributed by atoms with van der Waals surface area (Å²) in [6, 6.07) is 20.8. The molecule has 138 valence electrons. The highest BCUT2D eigenvalue weighted by atomic mass is 16.5. The monoisotopic (exact) mass is 350 g/mol. The molecule has 4 rings (SSSR count). The number of rotatable bonds is 7. The van der Waals surface area contributed by atoms with Crippen LogP contribution in [-0.2, 0) is 13.0 Å². The van der Waals surface area contributed by atoms with Crippen molar-refractivity contribution in [1.29, 1.82) is 0 Å². The Balaban J connectivity index is 1.20. The first-order chi connectivity index (χ1) is 12.8. The zero-order valence-corrected chi connectivity index (χ0v) is 15.4. The summed E-state index contributed by atoms with van der Waals surface area (Å²) in [6.45, 7) is 0.625. The van der Waals surface area contributed by atoms with Gasteiger partial charge in [0.1, 0.15) is 12.4 Å². The van der Waals surface area contributed by atoms with E-state index in [1.807, 2.05) is 18.2 Å². The Labute approximate surface area is 156 Å². The standard InChI is InChI=1S/C23H30N2O/c24-20-8-10-21(11-9-20)25-23-15-19(23)14-17-6-12-22(13-7-17)26-16-18-4-2-1-3-5-18/h1-7,12-13,19-21,23,25H,8-11,14-16,24H2/t19-,20?,21?,23+/m1/s1. The summed E-state index contributed by atoms with van der Waals surface area (Å²) < 4.78 is 5.88. The molecule has 2 saturated carbocycles. The van der Waals surface area contributed by atoms with Crippen molar-refractivity contribution in [3.05, 3.63) is 65.7 Å². The van der Waals surface area contributed by atoms with E-state index in [4.69, 9.17) is 10.5 Å². The van der Waals surface area contributed by atoms with Crippen LogP contribution < -0.4 is 15.8 Å². The van der Waals surface area contributed by atoms with Gasteiger partial charge in [-0.3, -0.25) is 0 Å². The average Bonchev–Trinajstić information content (AvgIpc) is 3.41. The molecule has 0 heterocycles. The van der Waals surface area contributed by atoms with Crippen molar-refractivity contribution >= 4 is 0 Å². The van der Waals surface area contributed by atoms with E-state index in [0.29, 0.717) is 24.7 Å². The fourth-order valence-electron chi connectivity index (χ4n) is 4.03. The van der Waals surface area contributed by atoms with Crippen molar-refractivity contribution in [3.8, 4) is 5.75 Å². The molecular formula is C23H30N2O. The topological polar surface area (TPSA) is 47.3 Å². The smallest absolute Gasteiger partial charge is 0.119 e. The Morgan fingerprint density at radius 1 is 0.885 bits per heavy atom. The second-order valence-corrected chi connectivity index (χ2v) is 8.00. The molecule has 2 atom stereocenters. The lowest BCUT2D eigenvalue weighted by Gasteiger charge is -2.27. The van der Waals surface area contributed by atoms with Gasteiger partial charge >= 0.3 is 0 Å². The van der Waals surface area contributed by atoms with Crippen molar-refractivity contribution in [2.75, 3.05) is 0 Å². The fraction of sp³-hybridized carbons (Fsp3) is 0.478. The molecular weight excluding hydrogens is 320 g/mol. The Morgan fingerprint density at radius 3 is 2.35 bits per heavy atom. The van der Waals surface area contributed by atoms with Gasteiger partial charge in [0.05, 0.1) is 0 Å². The molecule has 0 spiro atoms. The largest absolute Gasteiger partial charge is 0.489 e. The highest BCUT2D eigenvalue weighted by Crippen LogP contribution is 2.35. The number of benzene rings is 2. The number of ether oxygens (including phenoxy) is 1. The minimum atomic E-state index is 0.436. The second-order valence-electron chi connectivity index (χ2n) is 8.00. The third kappa shape index (κ3) is 4.87. The Kier molecular flexibility index (Phi) is 5.57. The fourth-order valence-corrected chi connectivity index (χ4v) is 4.03. The highest BCUT2D eigenvalue weighted by molar-refractivity contribution is 5.29. The summed E-state index contributed by atoms with van der Waals surface area (Å²) in [6.07, 6.45) is 7.34. The Morgan fingerprint density at radius 2 is 1.62 bits per heavy atom. The van der Waals surface area contributed by atoms with E-state index in [2.05, 4.69) is 41.7 Å². The number of nitrogens with two attached hydrogens (primary N) is 1. The first-order valence-corrected chi connectivity index (χ1v) is 10.0. The molecule has 0 amide bonds. The number of hydrogen-bond acceptors (Lipinski definition) is 3. The van der Waals surface area contributed by atoms with Gasteiger partial charge in [-0.05, 0) is 67.7 Å². The van der Waals surface area contributed by atoms with Crippen LogP contribution in [0.1, 0.15) is 43.2 Å². The van der Waals surface area contributed by atoms with E-state index < -0.39 is 0 Å². The summed E-state index contributed by atoms with van der Waals surface area (Å²) >= 11 is 0. The molecule has 2 aromatic carbocycles. The second kappa shape index (κ2) is 8.24. The van der Waals surface area contributed by atoms with Crippen LogP contribution in [0, 0.1) is 5.92 Å². The molecule has 0 radical (unpaired) electrons. The van der Waals surface area contributed by atoms with E-state index in [-0.39, 0.29) is 0 Å². The number of hydrogen-bond donors (Lipinski definition) is 2. The van der Waals surface area contributed by atoms with Crippen LogP contribution in [0.5, 0.6) is 5.75 Å². The maximum Gasteiger partial charge on any atom is 0.119 e. The van der Waals surface area contributed by atoms with Crippen LogP contribution in [0.4, 0.5) is 0 Å². The van der Waals surface area contributed by atoms with Crippen molar-refractivity contribution < 1.29 is 4.74 Å². The predicted molar refractivity (Wildman–Crippen MR) is 106 cm³/mol. The lowest BCUT2D eigenvalue weighted by atomic mass is 9.92. The van der Waals surface area contributed by atoms with Crippen molar-refractivity contribution in [1.82, 2.24) is 5.32 Å².